The van der Waals surface area contributed by atoms with Crippen LogP contribution in [-0.4, -0.2) is 44.5 Å². The molecule has 1 heterocycles. The molecule has 0 fully saturated rings. The van der Waals surface area contributed by atoms with Gasteiger partial charge in [0.1, 0.15) is 4.90 Å². The third-order valence-corrected chi connectivity index (χ3v) is 3.83. The Labute approximate surface area is 107 Å². The van der Waals surface area contributed by atoms with Crippen LogP contribution >= 0.6 is 0 Å². The lowest BCUT2D eigenvalue weighted by atomic mass is 10.4. The van der Waals surface area contributed by atoms with E-state index in [4.69, 9.17) is 10.5 Å². The second-order valence-electron chi connectivity index (χ2n) is 4.06. The van der Waals surface area contributed by atoms with Crippen molar-refractivity contribution >= 4 is 10.0 Å². The number of hydrogen-bond donors (Lipinski definition) is 2. The van der Waals surface area contributed by atoms with E-state index < -0.39 is 10.0 Å². The Morgan fingerprint density at radius 1 is 1.61 bits per heavy atom. The quantitative estimate of drug-likeness (QED) is 0.669. The summed E-state index contributed by atoms with van der Waals surface area (Å²) in [5, 5.41) is 3.98. The second-order valence-corrected chi connectivity index (χ2v) is 5.77. The molecule has 0 aromatic carbocycles. The fraction of sp³-hybridized carbons (Fsp3) is 0.700. The molecule has 3 N–H and O–H groups in total. The molecule has 0 amide bonds. The zero-order chi connectivity index (χ0) is 13.6. The van der Waals surface area contributed by atoms with Crippen LogP contribution in [0.15, 0.2) is 17.3 Å². The highest BCUT2D eigenvalue weighted by molar-refractivity contribution is 7.89. The minimum Gasteiger partial charge on any atom is -0.383 e. The first-order valence-corrected chi connectivity index (χ1v) is 7.21. The Kier molecular flexibility index (Phi) is 5.73. The number of methoxy groups -OCH3 is 1. The molecular formula is C10H20N4O3S. The summed E-state index contributed by atoms with van der Waals surface area (Å²) >= 11 is 0. The van der Waals surface area contributed by atoms with Gasteiger partial charge < -0.3 is 10.5 Å². The Morgan fingerprint density at radius 3 is 2.94 bits per heavy atom. The van der Waals surface area contributed by atoms with Crippen LogP contribution in [0.25, 0.3) is 0 Å². The molecule has 1 aromatic heterocycles. The zero-order valence-corrected chi connectivity index (χ0v) is 11.5. The van der Waals surface area contributed by atoms with Crippen molar-refractivity contribution in [3.63, 3.8) is 0 Å². The first kappa shape index (κ1) is 15.1. The molecule has 0 radical (unpaired) electrons. The van der Waals surface area contributed by atoms with Gasteiger partial charge in [0, 0.05) is 25.9 Å². The third-order valence-electron chi connectivity index (χ3n) is 2.28. The molecule has 0 spiro atoms. The van der Waals surface area contributed by atoms with Gasteiger partial charge in [-0.15, -0.1) is 0 Å². The number of nitrogens with one attached hydrogen (secondary N) is 1. The van der Waals surface area contributed by atoms with Crippen molar-refractivity contribution in [3.05, 3.63) is 12.4 Å². The van der Waals surface area contributed by atoms with Crippen LogP contribution in [-0.2, 0) is 21.3 Å². The highest BCUT2D eigenvalue weighted by Gasteiger charge is 2.19. The predicted octanol–water partition coefficient (Wildman–Crippen LogP) is -0.455. The van der Waals surface area contributed by atoms with E-state index in [0.717, 1.165) is 6.42 Å². The lowest BCUT2D eigenvalue weighted by Gasteiger charge is -2.11. The Morgan fingerprint density at radius 2 is 2.33 bits per heavy atom. The molecule has 8 heteroatoms. The third kappa shape index (κ3) is 4.37. The van der Waals surface area contributed by atoms with Crippen LogP contribution in [0.3, 0.4) is 0 Å². The minimum absolute atomic E-state index is 0.155. The summed E-state index contributed by atoms with van der Waals surface area (Å²) in [6.07, 6.45) is 3.59. The smallest absolute Gasteiger partial charge is 0.244 e. The van der Waals surface area contributed by atoms with Gasteiger partial charge in [0.25, 0.3) is 0 Å². The molecule has 0 aliphatic heterocycles. The summed E-state index contributed by atoms with van der Waals surface area (Å²) in [5.41, 5.74) is 5.38. The topological polar surface area (TPSA) is 99.2 Å². The lowest BCUT2D eigenvalue weighted by molar-refractivity contribution is 0.180. The van der Waals surface area contributed by atoms with E-state index >= 15 is 0 Å². The molecule has 104 valence electrons. The molecule has 1 rings (SSSR count). The summed E-state index contributed by atoms with van der Waals surface area (Å²) < 4.78 is 32.9. The maximum absolute atomic E-state index is 12.0. The van der Waals surface area contributed by atoms with E-state index in [2.05, 4.69) is 9.82 Å². The highest BCUT2D eigenvalue weighted by Crippen LogP contribution is 2.08. The summed E-state index contributed by atoms with van der Waals surface area (Å²) in [6.45, 7) is 3.21. The van der Waals surface area contributed by atoms with Gasteiger partial charge in [-0.25, -0.2) is 13.1 Å². The zero-order valence-electron chi connectivity index (χ0n) is 10.7. The Bertz CT molecular complexity index is 457. The van der Waals surface area contributed by atoms with Crippen LogP contribution in [0.2, 0.25) is 0 Å². The molecule has 0 saturated heterocycles. The maximum atomic E-state index is 12.0. The fourth-order valence-corrected chi connectivity index (χ4v) is 2.66. The van der Waals surface area contributed by atoms with Crippen molar-refractivity contribution in [1.29, 1.82) is 0 Å². The van der Waals surface area contributed by atoms with Crippen LogP contribution in [0.1, 0.15) is 13.3 Å². The number of sulfonamides is 1. The van der Waals surface area contributed by atoms with E-state index in [-0.39, 0.29) is 10.9 Å². The van der Waals surface area contributed by atoms with Gasteiger partial charge in [0.05, 0.1) is 12.8 Å². The van der Waals surface area contributed by atoms with Crippen LogP contribution in [0, 0.1) is 0 Å². The second kappa shape index (κ2) is 6.83. The van der Waals surface area contributed by atoms with Crippen LogP contribution in [0.4, 0.5) is 0 Å². The largest absolute Gasteiger partial charge is 0.383 e. The van der Waals surface area contributed by atoms with Gasteiger partial charge in [0.15, 0.2) is 0 Å². The van der Waals surface area contributed by atoms with Crippen molar-refractivity contribution in [2.45, 2.75) is 30.8 Å². The summed E-state index contributed by atoms with van der Waals surface area (Å²) in [7, 11) is -2.01. The Balaban J connectivity index is 2.69. The number of ether oxygens (including phenoxy) is 1. The lowest BCUT2D eigenvalue weighted by Crippen LogP contribution is -2.35. The standard InChI is InChI=1S/C10H20N4O3S/c1-9(8-17-2)13-18(15,16)10-6-12-14(7-10)5-3-4-11/h6-7,9,13H,3-5,8,11H2,1-2H3. The van der Waals surface area contributed by atoms with Crippen LogP contribution < -0.4 is 10.5 Å². The molecule has 0 bridgehead atoms. The average molecular weight is 276 g/mol. The number of aromatic nitrogens is 2. The maximum Gasteiger partial charge on any atom is 0.244 e. The average Bonchev–Trinajstić information content (AvgIpc) is 2.75. The van der Waals surface area contributed by atoms with Crippen molar-refractivity contribution in [1.82, 2.24) is 14.5 Å². The summed E-state index contributed by atoms with van der Waals surface area (Å²) in [4.78, 5) is 0.155. The summed E-state index contributed by atoms with van der Waals surface area (Å²) in [5.74, 6) is 0. The number of rotatable bonds is 8. The number of nitrogens with two attached hydrogens (primary N) is 1. The van der Waals surface area contributed by atoms with Gasteiger partial charge in [-0.1, -0.05) is 0 Å². The van der Waals surface area contributed by atoms with Crippen molar-refractivity contribution in [3.8, 4) is 0 Å². The first-order valence-electron chi connectivity index (χ1n) is 5.73. The number of aryl methyl sites for hydroxylation is 1. The van der Waals surface area contributed by atoms with E-state index in [1.807, 2.05) is 0 Å². The minimum atomic E-state index is -3.53. The van der Waals surface area contributed by atoms with E-state index in [1.165, 1.54) is 19.5 Å². The predicted molar refractivity (Wildman–Crippen MR) is 67.6 cm³/mol. The monoisotopic (exact) mass is 276 g/mol. The van der Waals surface area contributed by atoms with Crippen LogP contribution in [0.5, 0.6) is 0 Å². The van der Waals surface area contributed by atoms with E-state index in [0.29, 0.717) is 19.7 Å². The number of nitrogens with zero attached hydrogens (tertiary/aromatic N) is 2. The SMILES string of the molecule is COCC(C)NS(=O)(=O)c1cnn(CCCN)c1. The van der Waals surface area contributed by atoms with Gasteiger partial charge in [-0.3, -0.25) is 4.68 Å². The first-order chi connectivity index (χ1) is 8.49. The van der Waals surface area contributed by atoms with Crippen molar-refractivity contribution in [2.24, 2.45) is 5.73 Å². The van der Waals surface area contributed by atoms with Crippen molar-refractivity contribution in [2.75, 3.05) is 20.3 Å². The van der Waals surface area contributed by atoms with Crippen molar-refractivity contribution < 1.29 is 13.2 Å². The van der Waals surface area contributed by atoms with Gasteiger partial charge in [-0.2, -0.15) is 5.10 Å². The van der Waals surface area contributed by atoms with E-state index in [1.54, 1.807) is 11.6 Å². The molecule has 7 nitrogen and oxygen atoms in total. The van der Waals surface area contributed by atoms with Gasteiger partial charge in [0.2, 0.25) is 10.0 Å². The molecule has 0 saturated carbocycles. The van der Waals surface area contributed by atoms with E-state index in [9.17, 15) is 8.42 Å². The van der Waals surface area contributed by atoms with Gasteiger partial charge >= 0.3 is 0 Å². The highest BCUT2D eigenvalue weighted by atomic mass is 32.2. The molecule has 18 heavy (non-hydrogen) atoms. The molecule has 1 aromatic rings. The molecule has 0 aliphatic carbocycles. The fourth-order valence-electron chi connectivity index (χ4n) is 1.48. The molecular weight excluding hydrogens is 256 g/mol. The number of hydrogen-bond acceptors (Lipinski definition) is 5. The normalized spacial score (nSPS) is 13.7. The molecule has 1 unspecified atom stereocenters. The molecule has 1 atom stereocenters. The van der Waals surface area contributed by atoms with Gasteiger partial charge in [-0.05, 0) is 19.9 Å². The Hall–Kier alpha value is -0.960. The molecule has 0 aliphatic rings. The summed E-state index contributed by atoms with van der Waals surface area (Å²) in [6, 6.07) is -0.285.